The number of alkyl halides is 3. The van der Waals surface area contributed by atoms with Crippen molar-refractivity contribution in [3.8, 4) is 16.9 Å². The van der Waals surface area contributed by atoms with Crippen LogP contribution in [0.15, 0.2) is 36.4 Å². The Kier molecular flexibility index (Phi) is 3.52. The quantitative estimate of drug-likeness (QED) is 0.667. The number of halogens is 5. The molecule has 0 radical (unpaired) electrons. The van der Waals surface area contributed by atoms with Gasteiger partial charge in [0.1, 0.15) is 17.4 Å². The van der Waals surface area contributed by atoms with E-state index in [4.69, 9.17) is 5.73 Å². The molecule has 2 N–H and O–H groups in total. The molecule has 0 aliphatic rings. The van der Waals surface area contributed by atoms with Gasteiger partial charge >= 0.3 is 6.36 Å². The molecule has 2 aromatic carbocycles. The fraction of sp³-hybridized carbons (Fsp3) is 0.0769. The molecular weight excluding hydrogens is 281 g/mol. The number of rotatable bonds is 2. The molecule has 106 valence electrons. The van der Waals surface area contributed by atoms with Gasteiger partial charge in [-0.05, 0) is 23.8 Å². The number of hydrogen-bond acceptors (Lipinski definition) is 2. The van der Waals surface area contributed by atoms with Crippen LogP contribution in [-0.2, 0) is 0 Å². The zero-order valence-corrected chi connectivity index (χ0v) is 9.84. The predicted molar refractivity (Wildman–Crippen MR) is 62.9 cm³/mol. The van der Waals surface area contributed by atoms with E-state index in [1.54, 1.807) is 0 Å². The molecule has 0 atom stereocenters. The molecule has 2 aromatic rings. The molecule has 2 rings (SSSR count). The number of anilines is 1. The maximum Gasteiger partial charge on any atom is 0.573 e. The lowest BCUT2D eigenvalue weighted by atomic mass is 10.0. The van der Waals surface area contributed by atoms with Crippen LogP contribution in [0.2, 0.25) is 0 Å². The van der Waals surface area contributed by atoms with Gasteiger partial charge in [-0.25, -0.2) is 8.78 Å². The van der Waals surface area contributed by atoms with E-state index in [1.807, 2.05) is 0 Å². The summed E-state index contributed by atoms with van der Waals surface area (Å²) in [5.74, 6) is -2.22. The normalized spacial score (nSPS) is 11.4. The summed E-state index contributed by atoms with van der Waals surface area (Å²) in [7, 11) is 0. The first kappa shape index (κ1) is 14.1. The van der Waals surface area contributed by atoms with E-state index < -0.39 is 23.7 Å². The topological polar surface area (TPSA) is 35.2 Å². The summed E-state index contributed by atoms with van der Waals surface area (Å²) in [4.78, 5) is 0. The number of benzene rings is 2. The molecular formula is C13H8F5NO. The van der Waals surface area contributed by atoms with Crippen LogP contribution in [0.25, 0.3) is 11.1 Å². The molecule has 20 heavy (non-hydrogen) atoms. The van der Waals surface area contributed by atoms with Gasteiger partial charge in [-0.15, -0.1) is 13.2 Å². The van der Waals surface area contributed by atoms with Gasteiger partial charge in [-0.1, -0.05) is 12.1 Å². The van der Waals surface area contributed by atoms with Crippen molar-refractivity contribution < 1.29 is 26.7 Å². The van der Waals surface area contributed by atoms with Crippen molar-refractivity contribution in [1.82, 2.24) is 0 Å². The first-order chi connectivity index (χ1) is 9.26. The zero-order valence-electron chi connectivity index (χ0n) is 9.84. The molecule has 0 amide bonds. The highest BCUT2D eigenvalue weighted by Gasteiger charge is 2.31. The summed E-state index contributed by atoms with van der Waals surface area (Å²) in [5.41, 5.74) is 4.65. The second-order valence-electron chi connectivity index (χ2n) is 3.93. The molecule has 0 saturated carbocycles. The monoisotopic (exact) mass is 289 g/mol. The fourth-order valence-corrected chi connectivity index (χ4v) is 1.64. The highest BCUT2D eigenvalue weighted by atomic mass is 19.4. The standard InChI is InChI=1S/C13H8F5NO/c14-10-6-12(19)11(15)5-9(10)7-2-1-3-8(4-7)20-13(16,17)18/h1-6H,19H2. The molecule has 0 spiro atoms. The minimum absolute atomic E-state index is 0.0446. The SMILES string of the molecule is Nc1cc(F)c(-c2cccc(OC(F)(F)F)c2)cc1F. The summed E-state index contributed by atoms with van der Waals surface area (Å²) in [6.45, 7) is 0. The van der Waals surface area contributed by atoms with E-state index in [2.05, 4.69) is 4.74 Å². The molecule has 0 saturated heterocycles. The Hall–Kier alpha value is -2.31. The third kappa shape index (κ3) is 3.17. The molecule has 0 unspecified atom stereocenters. The lowest BCUT2D eigenvalue weighted by Gasteiger charge is -2.11. The van der Waals surface area contributed by atoms with E-state index in [0.29, 0.717) is 0 Å². The van der Waals surface area contributed by atoms with Gasteiger partial charge in [0, 0.05) is 11.6 Å². The summed E-state index contributed by atoms with van der Waals surface area (Å²) in [6.07, 6.45) is -4.86. The number of ether oxygens (including phenoxy) is 1. The van der Waals surface area contributed by atoms with E-state index in [-0.39, 0.29) is 16.8 Å². The lowest BCUT2D eigenvalue weighted by molar-refractivity contribution is -0.274. The van der Waals surface area contributed by atoms with Crippen molar-refractivity contribution in [2.75, 3.05) is 5.73 Å². The van der Waals surface area contributed by atoms with E-state index >= 15 is 0 Å². The minimum Gasteiger partial charge on any atom is -0.406 e. The van der Waals surface area contributed by atoms with Crippen molar-refractivity contribution in [2.24, 2.45) is 0 Å². The Labute approximate surface area is 110 Å². The van der Waals surface area contributed by atoms with Crippen molar-refractivity contribution in [3.05, 3.63) is 48.0 Å². The average Bonchev–Trinajstić information content (AvgIpc) is 2.32. The number of nitrogen functional groups attached to an aromatic ring is 1. The largest absolute Gasteiger partial charge is 0.573 e. The molecule has 0 aromatic heterocycles. The molecule has 0 bridgehead atoms. The van der Waals surface area contributed by atoms with Crippen molar-refractivity contribution in [2.45, 2.75) is 6.36 Å². The van der Waals surface area contributed by atoms with Gasteiger partial charge in [0.05, 0.1) is 5.69 Å². The van der Waals surface area contributed by atoms with E-state index in [1.165, 1.54) is 12.1 Å². The molecule has 0 aliphatic heterocycles. The molecule has 0 fully saturated rings. The first-order valence-electron chi connectivity index (χ1n) is 5.37. The summed E-state index contributed by atoms with van der Waals surface area (Å²) in [5, 5.41) is 0. The van der Waals surface area contributed by atoms with Crippen LogP contribution in [0.5, 0.6) is 5.75 Å². The van der Waals surface area contributed by atoms with E-state index in [9.17, 15) is 22.0 Å². The third-order valence-electron chi connectivity index (χ3n) is 2.46. The Morgan fingerprint density at radius 2 is 1.65 bits per heavy atom. The molecule has 0 aliphatic carbocycles. The van der Waals surface area contributed by atoms with Gasteiger partial charge < -0.3 is 10.5 Å². The zero-order chi connectivity index (χ0) is 14.9. The van der Waals surface area contributed by atoms with Crippen LogP contribution < -0.4 is 10.5 Å². The van der Waals surface area contributed by atoms with Crippen LogP contribution in [0.1, 0.15) is 0 Å². The highest BCUT2D eigenvalue weighted by molar-refractivity contribution is 5.68. The van der Waals surface area contributed by atoms with E-state index in [0.717, 1.165) is 24.3 Å². The Morgan fingerprint density at radius 3 is 2.30 bits per heavy atom. The fourth-order valence-electron chi connectivity index (χ4n) is 1.64. The lowest BCUT2D eigenvalue weighted by Crippen LogP contribution is -2.17. The summed E-state index contributed by atoms with van der Waals surface area (Å²) in [6, 6.07) is 6.17. The van der Waals surface area contributed by atoms with Crippen LogP contribution in [0, 0.1) is 11.6 Å². The van der Waals surface area contributed by atoms with Crippen LogP contribution in [0.3, 0.4) is 0 Å². The Morgan fingerprint density at radius 1 is 0.950 bits per heavy atom. The van der Waals surface area contributed by atoms with Crippen LogP contribution in [-0.4, -0.2) is 6.36 Å². The van der Waals surface area contributed by atoms with Crippen molar-refractivity contribution in [3.63, 3.8) is 0 Å². The molecule has 0 heterocycles. The van der Waals surface area contributed by atoms with Crippen molar-refractivity contribution in [1.29, 1.82) is 0 Å². The van der Waals surface area contributed by atoms with Gasteiger partial charge in [-0.3, -0.25) is 0 Å². The second kappa shape index (κ2) is 4.99. The Balaban J connectivity index is 2.44. The summed E-state index contributed by atoms with van der Waals surface area (Å²) >= 11 is 0. The third-order valence-corrected chi connectivity index (χ3v) is 2.46. The van der Waals surface area contributed by atoms with Gasteiger partial charge in [0.2, 0.25) is 0 Å². The maximum atomic E-state index is 13.7. The van der Waals surface area contributed by atoms with Crippen LogP contribution >= 0.6 is 0 Å². The average molecular weight is 289 g/mol. The van der Waals surface area contributed by atoms with Crippen molar-refractivity contribution >= 4 is 5.69 Å². The maximum absolute atomic E-state index is 13.7. The first-order valence-corrected chi connectivity index (χ1v) is 5.37. The second-order valence-corrected chi connectivity index (χ2v) is 3.93. The van der Waals surface area contributed by atoms with Gasteiger partial charge in [0.15, 0.2) is 0 Å². The minimum atomic E-state index is -4.86. The van der Waals surface area contributed by atoms with Gasteiger partial charge in [0.25, 0.3) is 0 Å². The smallest absolute Gasteiger partial charge is 0.406 e. The number of nitrogens with two attached hydrogens (primary N) is 1. The Bertz CT molecular complexity index is 639. The summed E-state index contributed by atoms with van der Waals surface area (Å²) < 4.78 is 67.0. The molecule has 7 heteroatoms. The predicted octanol–water partition coefficient (Wildman–Crippen LogP) is 4.11. The highest BCUT2D eigenvalue weighted by Crippen LogP contribution is 2.31. The number of hydrogen-bond donors (Lipinski definition) is 1. The molecule has 2 nitrogen and oxygen atoms in total. The van der Waals surface area contributed by atoms with Gasteiger partial charge in [-0.2, -0.15) is 0 Å². The van der Waals surface area contributed by atoms with Crippen LogP contribution in [0.4, 0.5) is 27.6 Å².